The van der Waals surface area contributed by atoms with E-state index in [0.717, 1.165) is 34.9 Å². The number of ether oxygens (including phenoxy) is 1. The monoisotopic (exact) mass is 302 g/mol. The minimum absolute atomic E-state index is 0.248. The maximum absolute atomic E-state index is 5.81. The Morgan fingerprint density at radius 1 is 1.33 bits per heavy atom. The average molecular weight is 302 g/mol. The van der Waals surface area contributed by atoms with Gasteiger partial charge in [-0.25, -0.2) is 4.68 Å². The van der Waals surface area contributed by atoms with Crippen LogP contribution in [-0.4, -0.2) is 33.4 Å². The molecule has 0 amide bonds. The third-order valence-corrected chi connectivity index (χ3v) is 4.49. The number of furan rings is 1. The summed E-state index contributed by atoms with van der Waals surface area (Å²) in [5.41, 5.74) is 0.914. The van der Waals surface area contributed by atoms with Crippen molar-refractivity contribution in [2.24, 2.45) is 0 Å². The van der Waals surface area contributed by atoms with Gasteiger partial charge in [0.05, 0.1) is 18.4 Å². The van der Waals surface area contributed by atoms with Crippen molar-refractivity contribution >= 4 is 22.7 Å². The van der Waals surface area contributed by atoms with E-state index in [0.29, 0.717) is 12.4 Å². The van der Waals surface area contributed by atoms with Gasteiger partial charge in [0, 0.05) is 12.0 Å². The fourth-order valence-electron chi connectivity index (χ4n) is 2.47. The molecule has 3 aromatic rings. The fraction of sp³-hybridized carbons (Fsp3) is 0.357. The summed E-state index contributed by atoms with van der Waals surface area (Å²) in [7, 11) is 0. The molecule has 3 heterocycles. The van der Waals surface area contributed by atoms with Gasteiger partial charge in [0.1, 0.15) is 11.3 Å². The van der Waals surface area contributed by atoms with Gasteiger partial charge in [-0.1, -0.05) is 30.0 Å². The Hall–Kier alpha value is -1.86. The van der Waals surface area contributed by atoms with E-state index in [9.17, 15) is 0 Å². The van der Waals surface area contributed by atoms with E-state index in [4.69, 9.17) is 9.15 Å². The Morgan fingerprint density at radius 2 is 2.29 bits per heavy atom. The van der Waals surface area contributed by atoms with Crippen LogP contribution in [0.3, 0.4) is 0 Å². The lowest BCUT2D eigenvalue weighted by molar-refractivity contribution is 0.182. The lowest BCUT2D eigenvalue weighted by Gasteiger charge is -2.08. The normalized spacial score (nSPS) is 18.6. The Labute approximate surface area is 125 Å². The maximum Gasteiger partial charge on any atom is 0.210 e. The second kappa shape index (κ2) is 5.50. The number of fused-ring (bicyclic) bond motifs is 1. The standard InChI is InChI=1S/C14H14N4O2S/c1-2-4-13-10(3-1)7-12(20-13)9-21-14-15-16-17-18(14)11-5-6-19-8-11/h1-4,7,11H,5-6,8-9H2. The first-order valence-corrected chi connectivity index (χ1v) is 7.84. The SMILES string of the molecule is c1ccc2oc(CSc3nnnn3C3CCOC3)cc2c1. The average Bonchev–Trinajstić information content (AvgIpc) is 3.23. The second-order valence-corrected chi connectivity index (χ2v) is 5.91. The summed E-state index contributed by atoms with van der Waals surface area (Å²) < 4.78 is 13.1. The molecule has 0 N–H and O–H groups in total. The number of hydrogen-bond donors (Lipinski definition) is 0. The number of tetrazole rings is 1. The second-order valence-electron chi connectivity index (χ2n) is 4.96. The number of aromatic nitrogens is 4. The first-order chi connectivity index (χ1) is 10.4. The van der Waals surface area contributed by atoms with Crippen LogP contribution in [-0.2, 0) is 10.5 Å². The molecule has 1 saturated heterocycles. The van der Waals surface area contributed by atoms with Crippen LogP contribution in [0.2, 0.25) is 0 Å². The van der Waals surface area contributed by atoms with E-state index in [1.807, 2.05) is 28.9 Å². The summed E-state index contributed by atoms with van der Waals surface area (Å²) in [5.74, 6) is 1.64. The summed E-state index contributed by atoms with van der Waals surface area (Å²) in [4.78, 5) is 0. The van der Waals surface area contributed by atoms with Crippen molar-refractivity contribution in [2.45, 2.75) is 23.4 Å². The number of para-hydroxylation sites is 1. The van der Waals surface area contributed by atoms with E-state index >= 15 is 0 Å². The van der Waals surface area contributed by atoms with E-state index in [1.165, 1.54) is 0 Å². The van der Waals surface area contributed by atoms with Gasteiger partial charge in [0.25, 0.3) is 0 Å². The maximum atomic E-state index is 5.81. The third kappa shape index (κ3) is 2.54. The molecular formula is C14H14N4O2S. The van der Waals surface area contributed by atoms with Gasteiger partial charge < -0.3 is 9.15 Å². The molecule has 0 radical (unpaired) electrons. The first-order valence-electron chi connectivity index (χ1n) is 6.86. The van der Waals surface area contributed by atoms with Crippen molar-refractivity contribution in [1.29, 1.82) is 0 Å². The molecule has 1 aromatic carbocycles. The molecule has 1 aliphatic rings. The summed E-state index contributed by atoms with van der Waals surface area (Å²) in [5, 5.41) is 13.9. The molecule has 1 fully saturated rings. The predicted octanol–water partition coefficient (Wildman–Crippen LogP) is 2.67. The van der Waals surface area contributed by atoms with Crippen LogP contribution in [0.4, 0.5) is 0 Å². The quantitative estimate of drug-likeness (QED) is 0.690. The zero-order valence-corrected chi connectivity index (χ0v) is 12.1. The van der Waals surface area contributed by atoms with Crippen molar-refractivity contribution in [1.82, 2.24) is 20.2 Å². The molecule has 0 spiro atoms. The number of nitrogens with zero attached hydrogens (tertiary/aromatic N) is 4. The molecule has 1 unspecified atom stereocenters. The molecule has 21 heavy (non-hydrogen) atoms. The van der Waals surface area contributed by atoms with Crippen molar-refractivity contribution in [3.63, 3.8) is 0 Å². The zero-order valence-electron chi connectivity index (χ0n) is 11.3. The largest absolute Gasteiger partial charge is 0.460 e. The number of thioether (sulfide) groups is 1. The van der Waals surface area contributed by atoms with Crippen molar-refractivity contribution in [2.75, 3.05) is 13.2 Å². The topological polar surface area (TPSA) is 66.0 Å². The number of benzene rings is 1. The molecule has 7 heteroatoms. The molecule has 1 atom stereocenters. The van der Waals surface area contributed by atoms with Crippen molar-refractivity contribution in [3.8, 4) is 0 Å². The molecule has 0 saturated carbocycles. The molecule has 108 valence electrons. The van der Waals surface area contributed by atoms with Crippen LogP contribution in [0.25, 0.3) is 11.0 Å². The molecule has 0 aliphatic carbocycles. The highest BCUT2D eigenvalue weighted by Gasteiger charge is 2.22. The summed E-state index contributed by atoms with van der Waals surface area (Å²) >= 11 is 1.59. The lowest BCUT2D eigenvalue weighted by atomic mass is 10.2. The van der Waals surface area contributed by atoms with Gasteiger partial charge >= 0.3 is 0 Å². The fourth-order valence-corrected chi connectivity index (χ4v) is 3.29. The predicted molar refractivity (Wildman–Crippen MR) is 78.1 cm³/mol. The van der Waals surface area contributed by atoms with Crippen LogP contribution in [0.1, 0.15) is 18.2 Å². The van der Waals surface area contributed by atoms with E-state index < -0.39 is 0 Å². The van der Waals surface area contributed by atoms with Crippen molar-refractivity contribution in [3.05, 3.63) is 36.1 Å². The Bertz CT molecular complexity index is 715. The van der Waals surface area contributed by atoms with Gasteiger partial charge in [0.2, 0.25) is 5.16 Å². The summed E-state index contributed by atoms with van der Waals surface area (Å²) in [6.45, 7) is 1.46. The van der Waals surface area contributed by atoms with E-state index in [-0.39, 0.29) is 6.04 Å². The molecular weight excluding hydrogens is 288 g/mol. The van der Waals surface area contributed by atoms with Gasteiger partial charge in [-0.05, 0) is 29.0 Å². The molecule has 2 aromatic heterocycles. The minimum Gasteiger partial charge on any atom is -0.460 e. The van der Waals surface area contributed by atoms with Crippen LogP contribution in [0, 0.1) is 0 Å². The van der Waals surface area contributed by atoms with Crippen molar-refractivity contribution < 1.29 is 9.15 Å². The molecule has 6 nitrogen and oxygen atoms in total. The summed E-state index contributed by atoms with van der Waals surface area (Å²) in [6.07, 6.45) is 0.962. The van der Waals surface area contributed by atoms with Gasteiger partial charge in [-0.3, -0.25) is 0 Å². The van der Waals surface area contributed by atoms with Gasteiger partial charge in [0.15, 0.2) is 0 Å². The highest BCUT2D eigenvalue weighted by molar-refractivity contribution is 7.98. The van der Waals surface area contributed by atoms with Crippen LogP contribution in [0.15, 0.2) is 39.9 Å². The highest BCUT2D eigenvalue weighted by Crippen LogP contribution is 2.28. The van der Waals surface area contributed by atoms with E-state index in [1.54, 1.807) is 11.8 Å². The van der Waals surface area contributed by atoms with Crippen LogP contribution < -0.4 is 0 Å². The Balaban J connectivity index is 1.50. The Morgan fingerprint density at radius 3 is 3.14 bits per heavy atom. The zero-order chi connectivity index (χ0) is 14.1. The van der Waals surface area contributed by atoms with Crippen LogP contribution in [0.5, 0.6) is 0 Å². The Kier molecular flexibility index (Phi) is 3.36. The molecule has 1 aliphatic heterocycles. The number of hydrogen-bond acceptors (Lipinski definition) is 6. The smallest absolute Gasteiger partial charge is 0.210 e. The molecule has 0 bridgehead atoms. The van der Waals surface area contributed by atoms with Gasteiger partial charge in [-0.15, -0.1) is 5.10 Å². The van der Waals surface area contributed by atoms with Gasteiger partial charge in [-0.2, -0.15) is 0 Å². The molecule has 4 rings (SSSR count). The minimum atomic E-state index is 0.248. The summed E-state index contributed by atoms with van der Waals surface area (Å²) in [6, 6.07) is 10.3. The van der Waals surface area contributed by atoms with E-state index in [2.05, 4.69) is 21.6 Å². The lowest BCUT2D eigenvalue weighted by Crippen LogP contribution is -2.11. The first kappa shape index (κ1) is 12.8. The van der Waals surface area contributed by atoms with Crippen LogP contribution >= 0.6 is 11.8 Å². The highest BCUT2D eigenvalue weighted by atomic mass is 32.2. The third-order valence-electron chi connectivity index (χ3n) is 3.53. The number of rotatable bonds is 4.